The van der Waals surface area contributed by atoms with Crippen LogP contribution in [0.3, 0.4) is 0 Å². The van der Waals surface area contributed by atoms with E-state index in [2.05, 4.69) is 4.98 Å². The fourth-order valence-electron chi connectivity index (χ4n) is 3.13. The molecule has 0 bridgehead atoms. The number of aromatic nitrogens is 1. The summed E-state index contributed by atoms with van der Waals surface area (Å²) in [6, 6.07) is 8.65. The maximum atomic E-state index is 13.6. The van der Waals surface area contributed by atoms with Crippen LogP contribution in [0.5, 0.6) is 5.88 Å². The predicted octanol–water partition coefficient (Wildman–Crippen LogP) is 5.25. The number of hydrogen-bond acceptors (Lipinski definition) is 4. The average molecular weight is 421 g/mol. The summed E-state index contributed by atoms with van der Waals surface area (Å²) in [6.45, 7) is 10.2. The Morgan fingerprint density at radius 1 is 1.03 bits per heavy atom. The molecule has 0 unspecified atom stereocenters. The van der Waals surface area contributed by atoms with Gasteiger partial charge in [-0.1, -0.05) is 31.5 Å². The van der Waals surface area contributed by atoms with E-state index < -0.39 is 30.1 Å². The molecule has 1 aliphatic heterocycles. The van der Waals surface area contributed by atoms with Crippen LogP contribution in [0.25, 0.3) is 11.3 Å². The van der Waals surface area contributed by atoms with Gasteiger partial charge in [-0.15, -0.1) is 0 Å². The van der Waals surface area contributed by atoms with E-state index in [9.17, 15) is 13.2 Å². The first-order valence-corrected chi connectivity index (χ1v) is 10.1. The number of pyridine rings is 1. The Morgan fingerprint density at radius 2 is 1.67 bits per heavy atom. The van der Waals surface area contributed by atoms with Gasteiger partial charge in [0.25, 0.3) is 0 Å². The summed E-state index contributed by atoms with van der Waals surface area (Å²) in [4.78, 5) is 4.36. The second kappa shape index (κ2) is 8.23. The molecule has 30 heavy (non-hydrogen) atoms. The monoisotopic (exact) mass is 421 g/mol. The smallest absolute Gasteiger partial charge is 0.478 e. The van der Waals surface area contributed by atoms with Gasteiger partial charge in [-0.3, -0.25) is 0 Å². The second-order valence-corrected chi connectivity index (χ2v) is 8.46. The van der Waals surface area contributed by atoms with Gasteiger partial charge in [0.2, 0.25) is 5.88 Å². The molecule has 2 heterocycles. The minimum Gasteiger partial charge on any atom is -0.478 e. The number of hydrogen-bond donors (Lipinski definition) is 0. The lowest BCUT2D eigenvalue weighted by Gasteiger charge is -2.32. The van der Waals surface area contributed by atoms with Gasteiger partial charge in [0.1, 0.15) is 0 Å². The molecule has 0 spiro atoms. The van der Waals surface area contributed by atoms with Crippen LogP contribution in [0.4, 0.5) is 13.2 Å². The molecule has 8 heteroatoms. The van der Waals surface area contributed by atoms with E-state index in [1.54, 1.807) is 18.2 Å². The lowest BCUT2D eigenvalue weighted by molar-refractivity contribution is -0.137. The first-order valence-electron chi connectivity index (χ1n) is 10.1. The van der Waals surface area contributed by atoms with Crippen LogP contribution in [0, 0.1) is 0 Å². The number of rotatable bonds is 6. The molecule has 0 atom stereocenters. The minimum absolute atomic E-state index is 0.0105. The third-order valence-electron chi connectivity index (χ3n) is 5.61. The highest BCUT2D eigenvalue weighted by Gasteiger charge is 2.52. The number of ether oxygens (including phenoxy) is 1. The van der Waals surface area contributed by atoms with Gasteiger partial charge in [0.05, 0.1) is 29.1 Å². The van der Waals surface area contributed by atoms with E-state index in [4.69, 9.17) is 14.0 Å². The molecule has 2 aromatic rings. The maximum Gasteiger partial charge on any atom is 0.495 e. The summed E-state index contributed by atoms with van der Waals surface area (Å²) >= 11 is 0. The van der Waals surface area contributed by atoms with Crippen molar-refractivity contribution in [3.63, 3.8) is 0 Å². The number of unbranched alkanes of at least 4 members (excludes halogenated alkanes) is 1. The average Bonchev–Trinajstić information content (AvgIpc) is 2.88. The van der Waals surface area contributed by atoms with Crippen molar-refractivity contribution >= 4 is 12.6 Å². The predicted molar refractivity (Wildman–Crippen MR) is 111 cm³/mol. The van der Waals surface area contributed by atoms with Crippen molar-refractivity contribution in [2.45, 2.75) is 64.8 Å². The van der Waals surface area contributed by atoms with E-state index in [-0.39, 0.29) is 17.1 Å². The van der Waals surface area contributed by atoms with Gasteiger partial charge in [0.15, 0.2) is 0 Å². The zero-order chi connectivity index (χ0) is 22.2. The third kappa shape index (κ3) is 4.65. The molecule has 1 saturated heterocycles. The number of alkyl halides is 3. The van der Waals surface area contributed by atoms with Crippen LogP contribution >= 0.6 is 0 Å². The highest BCUT2D eigenvalue weighted by Crippen LogP contribution is 2.38. The van der Waals surface area contributed by atoms with Crippen molar-refractivity contribution in [2.75, 3.05) is 6.61 Å². The van der Waals surface area contributed by atoms with Crippen LogP contribution in [0.2, 0.25) is 0 Å². The molecule has 1 aliphatic rings. The van der Waals surface area contributed by atoms with Gasteiger partial charge >= 0.3 is 13.3 Å². The Labute approximate surface area is 175 Å². The molecule has 162 valence electrons. The molecule has 0 N–H and O–H groups in total. The van der Waals surface area contributed by atoms with Crippen LogP contribution in [0.1, 0.15) is 53.0 Å². The van der Waals surface area contributed by atoms with Crippen LogP contribution < -0.4 is 10.2 Å². The van der Waals surface area contributed by atoms with Gasteiger partial charge < -0.3 is 14.0 Å². The Morgan fingerprint density at radius 3 is 2.27 bits per heavy atom. The number of benzene rings is 1. The minimum atomic E-state index is -4.50. The number of halogens is 3. The van der Waals surface area contributed by atoms with E-state index in [1.165, 1.54) is 12.1 Å². The van der Waals surface area contributed by atoms with E-state index in [0.29, 0.717) is 12.1 Å². The van der Waals surface area contributed by atoms with Crippen LogP contribution in [-0.2, 0) is 15.5 Å². The molecular formula is C22H27BF3NO3. The molecule has 1 aromatic heterocycles. The van der Waals surface area contributed by atoms with Crippen molar-refractivity contribution in [2.24, 2.45) is 0 Å². The largest absolute Gasteiger partial charge is 0.495 e. The van der Waals surface area contributed by atoms with E-state index in [0.717, 1.165) is 18.9 Å². The molecule has 1 fully saturated rings. The summed E-state index contributed by atoms with van der Waals surface area (Å²) in [5, 5.41) is 0. The zero-order valence-corrected chi connectivity index (χ0v) is 18.0. The van der Waals surface area contributed by atoms with Crippen molar-refractivity contribution in [3.05, 3.63) is 42.0 Å². The van der Waals surface area contributed by atoms with E-state index in [1.807, 2.05) is 34.6 Å². The molecule has 3 rings (SSSR count). The Bertz CT molecular complexity index is 883. The fraction of sp³-hybridized carbons (Fsp3) is 0.500. The van der Waals surface area contributed by atoms with Crippen molar-refractivity contribution in [1.82, 2.24) is 4.98 Å². The summed E-state index contributed by atoms with van der Waals surface area (Å²) in [7, 11) is -0.733. The third-order valence-corrected chi connectivity index (χ3v) is 5.61. The molecule has 4 nitrogen and oxygen atoms in total. The topological polar surface area (TPSA) is 40.6 Å². The lowest BCUT2D eigenvalue weighted by Crippen LogP contribution is -2.41. The Kier molecular flexibility index (Phi) is 6.21. The SMILES string of the molecule is CCCCOc1cc(B2OC(C)(C)C(C)(C)O2)cc(-c2ccccc2C(F)(F)F)n1. The lowest BCUT2D eigenvalue weighted by atomic mass is 9.78. The van der Waals surface area contributed by atoms with Crippen LogP contribution in [-0.4, -0.2) is 29.9 Å². The van der Waals surface area contributed by atoms with Gasteiger partial charge in [-0.25, -0.2) is 4.98 Å². The molecule has 0 saturated carbocycles. The van der Waals surface area contributed by atoms with Crippen LogP contribution in [0.15, 0.2) is 36.4 Å². The van der Waals surface area contributed by atoms with Gasteiger partial charge in [0, 0.05) is 11.6 Å². The first-order chi connectivity index (χ1) is 13.9. The first kappa shape index (κ1) is 22.6. The van der Waals surface area contributed by atoms with Crippen molar-refractivity contribution in [3.8, 4) is 17.1 Å². The Hall–Kier alpha value is -2.06. The zero-order valence-electron chi connectivity index (χ0n) is 18.0. The number of nitrogens with zero attached hydrogens (tertiary/aromatic N) is 1. The quantitative estimate of drug-likeness (QED) is 0.472. The van der Waals surface area contributed by atoms with Crippen molar-refractivity contribution in [1.29, 1.82) is 0 Å². The summed E-state index contributed by atoms with van der Waals surface area (Å²) in [6.07, 6.45) is -2.75. The van der Waals surface area contributed by atoms with Crippen molar-refractivity contribution < 1.29 is 27.2 Å². The highest BCUT2D eigenvalue weighted by molar-refractivity contribution is 6.62. The maximum absolute atomic E-state index is 13.6. The van der Waals surface area contributed by atoms with E-state index >= 15 is 0 Å². The highest BCUT2D eigenvalue weighted by atomic mass is 19.4. The Balaban J connectivity index is 2.07. The van der Waals surface area contributed by atoms with Gasteiger partial charge in [-0.05, 0) is 51.7 Å². The summed E-state index contributed by atoms with van der Waals surface area (Å²) in [5.74, 6) is 0.252. The molecule has 0 aliphatic carbocycles. The molecular weight excluding hydrogens is 394 g/mol. The molecule has 1 aromatic carbocycles. The summed E-state index contributed by atoms with van der Waals surface area (Å²) in [5.41, 5.74) is -1.17. The fourth-order valence-corrected chi connectivity index (χ4v) is 3.13. The molecule has 0 radical (unpaired) electrons. The second-order valence-electron chi connectivity index (χ2n) is 8.46. The molecule has 0 amide bonds. The summed E-state index contributed by atoms with van der Waals surface area (Å²) < 4.78 is 58.7. The van der Waals surface area contributed by atoms with Gasteiger partial charge in [-0.2, -0.15) is 13.2 Å². The normalized spacial score (nSPS) is 17.9. The standard InChI is InChI=1S/C22H27BF3NO3/c1-6-7-12-28-19-14-15(23-29-20(2,3)21(4,5)30-23)13-18(27-19)16-10-8-9-11-17(16)22(24,25)26/h8-11,13-14H,6-7,12H2,1-5H3.